The zero-order valence-corrected chi connectivity index (χ0v) is 12.1. The molecule has 116 valence electrons. The number of fused-ring (bicyclic) bond motifs is 1. The van der Waals surface area contributed by atoms with E-state index in [2.05, 4.69) is 19.9 Å². The molecule has 0 N–H and O–H groups in total. The fraction of sp³-hybridized carbons (Fsp3) is 0.400. The topological polar surface area (TPSA) is 41.9 Å². The van der Waals surface area contributed by atoms with Gasteiger partial charge in [-0.2, -0.15) is 13.2 Å². The van der Waals surface area contributed by atoms with Gasteiger partial charge in [-0.25, -0.2) is 9.97 Å². The molecule has 0 atom stereocenters. The Bertz CT molecular complexity index is 685. The molecule has 1 aliphatic heterocycles. The lowest BCUT2D eigenvalue weighted by Gasteiger charge is -2.28. The SMILES string of the molecule is Cc1ncccc1CN1CCc2nc(C(F)(F)F)ncc2C1. The van der Waals surface area contributed by atoms with Crippen molar-refractivity contribution in [3.8, 4) is 0 Å². The van der Waals surface area contributed by atoms with Crippen LogP contribution in [0, 0.1) is 6.92 Å². The van der Waals surface area contributed by atoms with Gasteiger partial charge in [0.15, 0.2) is 0 Å². The second kappa shape index (κ2) is 5.64. The van der Waals surface area contributed by atoms with Crippen LogP contribution < -0.4 is 0 Å². The molecule has 22 heavy (non-hydrogen) atoms. The van der Waals surface area contributed by atoms with E-state index in [0.29, 0.717) is 25.2 Å². The molecule has 0 unspecified atom stereocenters. The number of aryl methyl sites for hydroxylation is 1. The molecule has 0 aliphatic carbocycles. The molecule has 1 aliphatic rings. The van der Waals surface area contributed by atoms with E-state index in [4.69, 9.17) is 0 Å². The first kappa shape index (κ1) is 14.9. The number of rotatable bonds is 2. The highest BCUT2D eigenvalue weighted by Crippen LogP contribution is 2.28. The highest BCUT2D eigenvalue weighted by Gasteiger charge is 2.35. The lowest BCUT2D eigenvalue weighted by atomic mass is 10.1. The molecule has 0 aromatic carbocycles. The fourth-order valence-electron chi connectivity index (χ4n) is 2.57. The van der Waals surface area contributed by atoms with Crippen molar-refractivity contribution in [3.63, 3.8) is 0 Å². The number of halogens is 3. The van der Waals surface area contributed by atoms with E-state index in [9.17, 15) is 13.2 Å². The van der Waals surface area contributed by atoms with Crippen LogP contribution in [0.3, 0.4) is 0 Å². The van der Waals surface area contributed by atoms with Crippen molar-refractivity contribution in [1.29, 1.82) is 0 Å². The molecule has 0 saturated carbocycles. The maximum Gasteiger partial charge on any atom is 0.451 e. The van der Waals surface area contributed by atoms with Crippen molar-refractivity contribution in [2.24, 2.45) is 0 Å². The Labute approximate surface area is 126 Å². The smallest absolute Gasteiger partial charge is 0.294 e. The van der Waals surface area contributed by atoms with Crippen LogP contribution in [0.25, 0.3) is 0 Å². The van der Waals surface area contributed by atoms with Gasteiger partial charge < -0.3 is 0 Å². The van der Waals surface area contributed by atoms with E-state index in [-0.39, 0.29) is 0 Å². The molecule has 3 rings (SSSR count). The van der Waals surface area contributed by atoms with Crippen LogP contribution in [0.5, 0.6) is 0 Å². The standard InChI is InChI=1S/C15H15F3N4/c1-10-11(3-2-5-19-10)8-22-6-4-13-12(9-22)7-20-14(21-13)15(16,17)18/h2-3,5,7H,4,6,8-9H2,1H3. The predicted molar refractivity (Wildman–Crippen MR) is 73.8 cm³/mol. The minimum absolute atomic E-state index is 0.500. The molecular weight excluding hydrogens is 293 g/mol. The number of hydrogen-bond acceptors (Lipinski definition) is 4. The zero-order valence-electron chi connectivity index (χ0n) is 12.1. The number of nitrogens with zero attached hydrogens (tertiary/aromatic N) is 4. The molecule has 0 bridgehead atoms. The number of alkyl halides is 3. The summed E-state index contributed by atoms with van der Waals surface area (Å²) in [5.41, 5.74) is 3.36. The van der Waals surface area contributed by atoms with Crippen molar-refractivity contribution in [3.05, 3.63) is 52.9 Å². The second-order valence-corrected chi connectivity index (χ2v) is 5.37. The predicted octanol–water partition coefficient (Wildman–Crippen LogP) is 2.76. The molecule has 0 amide bonds. The normalized spacial score (nSPS) is 15.6. The summed E-state index contributed by atoms with van der Waals surface area (Å²) in [6, 6.07) is 3.90. The highest BCUT2D eigenvalue weighted by molar-refractivity contribution is 5.23. The summed E-state index contributed by atoms with van der Waals surface area (Å²) in [5.74, 6) is -1.05. The molecule has 3 heterocycles. The van der Waals surface area contributed by atoms with Gasteiger partial charge in [0, 0.05) is 49.7 Å². The Morgan fingerprint density at radius 3 is 2.82 bits per heavy atom. The Hall–Kier alpha value is -2.02. The van der Waals surface area contributed by atoms with Gasteiger partial charge in [-0.3, -0.25) is 9.88 Å². The van der Waals surface area contributed by atoms with Crippen LogP contribution >= 0.6 is 0 Å². The van der Waals surface area contributed by atoms with E-state index in [1.807, 2.05) is 19.1 Å². The molecule has 7 heteroatoms. The van der Waals surface area contributed by atoms with E-state index < -0.39 is 12.0 Å². The first-order valence-corrected chi connectivity index (χ1v) is 6.98. The van der Waals surface area contributed by atoms with Crippen LogP contribution in [-0.2, 0) is 25.7 Å². The number of pyridine rings is 1. The quantitative estimate of drug-likeness (QED) is 0.855. The first-order chi connectivity index (χ1) is 10.4. The van der Waals surface area contributed by atoms with Crippen molar-refractivity contribution in [2.45, 2.75) is 32.6 Å². The van der Waals surface area contributed by atoms with Gasteiger partial charge in [0.25, 0.3) is 0 Å². The largest absolute Gasteiger partial charge is 0.451 e. The van der Waals surface area contributed by atoms with Crippen molar-refractivity contribution >= 4 is 0 Å². The summed E-state index contributed by atoms with van der Waals surface area (Å²) in [6.07, 6.45) is -0.941. The van der Waals surface area contributed by atoms with Crippen LogP contribution in [-0.4, -0.2) is 26.4 Å². The summed E-state index contributed by atoms with van der Waals surface area (Å²) in [7, 11) is 0. The molecule has 4 nitrogen and oxygen atoms in total. The lowest BCUT2D eigenvalue weighted by molar-refractivity contribution is -0.145. The Kier molecular flexibility index (Phi) is 3.82. The van der Waals surface area contributed by atoms with Crippen molar-refractivity contribution in [1.82, 2.24) is 19.9 Å². The summed E-state index contributed by atoms with van der Waals surface area (Å²) in [6.45, 7) is 3.91. The van der Waals surface area contributed by atoms with E-state index >= 15 is 0 Å². The lowest BCUT2D eigenvalue weighted by Crippen LogP contribution is -2.32. The van der Waals surface area contributed by atoms with E-state index in [1.165, 1.54) is 6.20 Å². The van der Waals surface area contributed by atoms with Gasteiger partial charge >= 0.3 is 6.18 Å². The third-order valence-corrected chi connectivity index (χ3v) is 3.78. The Balaban J connectivity index is 1.76. The highest BCUT2D eigenvalue weighted by atomic mass is 19.4. The third-order valence-electron chi connectivity index (χ3n) is 3.78. The molecule has 0 radical (unpaired) electrons. The summed E-state index contributed by atoms with van der Waals surface area (Å²) < 4.78 is 37.9. The van der Waals surface area contributed by atoms with Crippen LogP contribution in [0.1, 0.15) is 28.3 Å². The Morgan fingerprint density at radius 1 is 1.27 bits per heavy atom. The van der Waals surface area contributed by atoms with Crippen molar-refractivity contribution < 1.29 is 13.2 Å². The molecular formula is C15H15F3N4. The zero-order chi connectivity index (χ0) is 15.7. The van der Waals surface area contributed by atoms with Gasteiger partial charge in [0.05, 0.1) is 5.69 Å². The van der Waals surface area contributed by atoms with Crippen molar-refractivity contribution in [2.75, 3.05) is 6.54 Å². The van der Waals surface area contributed by atoms with Gasteiger partial charge in [0.2, 0.25) is 5.82 Å². The minimum Gasteiger partial charge on any atom is -0.294 e. The van der Waals surface area contributed by atoms with Crippen LogP contribution in [0.4, 0.5) is 13.2 Å². The maximum absolute atomic E-state index is 12.6. The monoisotopic (exact) mass is 308 g/mol. The average molecular weight is 308 g/mol. The summed E-state index contributed by atoms with van der Waals surface area (Å²) in [5, 5.41) is 0. The maximum atomic E-state index is 12.6. The molecule has 0 spiro atoms. The number of hydrogen-bond donors (Lipinski definition) is 0. The van der Waals surface area contributed by atoms with Gasteiger partial charge in [-0.1, -0.05) is 6.07 Å². The van der Waals surface area contributed by atoms with E-state index in [1.54, 1.807) is 6.20 Å². The van der Waals surface area contributed by atoms with Crippen LogP contribution in [0.2, 0.25) is 0 Å². The Morgan fingerprint density at radius 2 is 2.09 bits per heavy atom. The minimum atomic E-state index is -4.49. The number of aromatic nitrogens is 3. The molecule has 0 saturated heterocycles. The van der Waals surface area contributed by atoms with Gasteiger partial charge in [0.1, 0.15) is 0 Å². The van der Waals surface area contributed by atoms with Gasteiger partial charge in [-0.05, 0) is 18.6 Å². The summed E-state index contributed by atoms with van der Waals surface area (Å²) >= 11 is 0. The second-order valence-electron chi connectivity index (χ2n) is 5.37. The average Bonchev–Trinajstić information content (AvgIpc) is 2.48. The van der Waals surface area contributed by atoms with Gasteiger partial charge in [-0.15, -0.1) is 0 Å². The third kappa shape index (κ3) is 3.09. The summed E-state index contributed by atoms with van der Waals surface area (Å²) in [4.78, 5) is 13.5. The molecule has 2 aromatic heterocycles. The van der Waals surface area contributed by atoms with E-state index in [0.717, 1.165) is 23.4 Å². The fourth-order valence-corrected chi connectivity index (χ4v) is 2.57. The molecule has 2 aromatic rings. The first-order valence-electron chi connectivity index (χ1n) is 6.98. The molecule has 0 fully saturated rings. The van der Waals surface area contributed by atoms with Crippen LogP contribution in [0.15, 0.2) is 24.5 Å².